The molecular formula is C18H18Cl2N2O3. The topological polar surface area (TPSA) is 67.4 Å². The monoisotopic (exact) mass is 380 g/mol. The molecule has 5 nitrogen and oxygen atoms in total. The van der Waals surface area contributed by atoms with Crippen molar-refractivity contribution < 1.29 is 14.3 Å². The number of methoxy groups -OCH3 is 1. The third kappa shape index (κ3) is 5.66. The Morgan fingerprint density at radius 3 is 2.56 bits per heavy atom. The number of amides is 1. The number of ether oxygens (including phenoxy) is 1. The van der Waals surface area contributed by atoms with Crippen LogP contribution in [-0.4, -0.2) is 25.5 Å². The second kappa shape index (κ2) is 9.30. The van der Waals surface area contributed by atoms with Gasteiger partial charge in [-0.2, -0.15) is 0 Å². The average Bonchev–Trinajstić information content (AvgIpc) is 2.62. The van der Waals surface area contributed by atoms with Crippen molar-refractivity contribution in [1.82, 2.24) is 5.32 Å². The van der Waals surface area contributed by atoms with Gasteiger partial charge in [0.25, 0.3) is 0 Å². The van der Waals surface area contributed by atoms with Crippen LogP contribution in [0.5, 0.6) is 0 Å². The van der Waals surface area contributed by atoms with Crippen LogP contribution in [-0.2, 0) is 16.1 Å². The van der Waals surface area contributed by atoms with E-state index in [9.17, 15) is 9.59 Å². The Bertz CT molecular complexity index is 766. The molecule has 0 radical (unpaired) electrons. The van der Waals surface area contributed by atoms with Gasteiger partial charge in [0.1, 0.15) is 0 Å². The second-order valence-electron chi connectivity index (χ2n) is 5.23. The van der Waals surface area contributed by atoms with E-state index in [-0.39, 0.29) is 12.3 Å². The fourth-order valence-corrected chi connectivity index (χ4v) is 2.53. The quantitative estimate of drug-likeness (QED) is 0.714. The predicted octanol–water partition coefficient (Wildman–Crippen LogP) is 3.90. The molecule has 0 aromatic heterocycles. The minimum atomic E-state index is -0.447. The fraction of sp³-hybridized carbons (Fsp3) is 0.222. The number of hydrogen-bond acceptors (Lipinski definition) is 4. The van der Waals surface area contributed by atoms with E-state index < -0.39 is 5.97 Å². The molecule has 0 heterocycles. The van der Waals surface area contributed by atoms with Crippen molar-refractivity contribution in [3.8, 4) is 0 Å². The van der Waals surface area contributed by atoms with E-state index in [1.54, 1.807) is 24.3 Å². The summed E-state index contributed by atoms with van der Waals surface area (Å²) < 4.78 is 4.67. The number of benzene rings is 2. The Balaban J connectivity index is 1.83. The first kappa shape index (κ1) is 19.1. The van der Waals surface area contributed by atoms with Crippen LogP contribution in [0.2, 0.25) is 10.0 Å². The summed E-state index contributed by atoms with van der Waals surface area (Å²) in [6.45, 7) is 0.746. The van der Waals surface area contributed by atoms with Crippen molar-refractivity contribution in [2.24, 2.45) is 0 Å². The molecule has 0 aliphatic rings. The van der Waals surface area contributed by atoms with Crippen molar-refractivity contribution in [2.75, 3.05) is 19.0 Å². The molecule has 0 bridgehead atoms. The molecule has 7 heteroatoms. The van der Waals surface area contributed by atoms with Gasteiger partial charge in [-0.3, -0.25) is 4.79 Å². The Morgan fingerprint density at radius 1 is 1.08 bits per heavy atom. The molecule has 0 saturated heterocycles. The predicted molar refractivity (Wildman–Crippen MR) is 99.2 cm³/mol. The third-order valence-electron chi connectivity index (χ3n) is 3.49. The number of nitrogens with one attached hydrogen (secondary N) is 2. The molecule has 0 atom stereocenters. The first-order valence-electron chi connectivity index (χ1n) is 7.63. The Kier molecular flexibility index (Phi) is 7.10. The molecule has 2 N–H and O–H groups in total. The zero-order valence-corrected chi connectivity index (χ0v) is 15.2. The maximum Gasteiger partial charge on any atom is 0.337 e. The van der Waals surface area contributed by atoms with Crippen LogP contribution in [0.3, 0.4) is 0 Å². The van der Waals surface area contributed by atoms with Gasteiger partial charge in [0, 0.05) is 24.5 Å². The summed E-state index contributed by atoms with van der Waals surface area (Å²) in [5.74, 6) is -0.565. The van der Waals surface area contributed by atoms with E-state index >= 15 is 0 Å². The minimum absolute atomic E-state index is 0.118. The Morgan fingerprint density at radius 2 is 1.84 bits per heavy atom. The van der Waals surface area contributed by atoms with Crippen molar-refractivity contribution in [3.05, 3.63) is 63.6 Å². The molecule has 2 rings (SSSR count). The molecule has 0 aliphatic carbocycles. The van der Waals surface area contributed by atoms with Gasteiger partial charge in [0.2, 0.25) is 5.91 Å². The summed E-state index contributed by atoms with van der Waals surface area (Å²) in [5.41, 5.74) is 1.82. The number of halogens is 2. The number of rotatable bonds is 7. The summed E-state index contributed by atoms with van der Waals surface area (Å²) in [6, 6.07) is 12.1. The van der Waals surface area contributed by atoms with Gasteiger partial charge in [0.15, 0.2) is 0 Å². The minimum Gasteiger partial charge on any atom is -0.465 e. The lowest BCUT2D eigenvalue weighted by Crippen LogP contribution is -2.25. The zero-order valence-electron chi connectivity index (χ0n) is 13.6. The SMILES string of the molecule is COC(=O)c1ccc(Cl)c(NCCC(=O)NCc2ccccc2Cl)c1. The molecule has 0 saturated carbocycles. The summed E-state index contributed by atoms with van der Waals surface area (Å²) in [5, 5.41) is 6.94. The van der Waals surface area contributed by atoms with Crippen molar-refractivity contribution in [2.45, 2.75) is 13.0 Å². The lowest BCUT2D eigenvalue weighted by atomic mass is 10.2. The summed E-state index contributed by atoms with van der Waals surface area (Å²) in [7, 11) is 1.31. The Labute approximate surface area is 156 Å². The highest BCUT2D eigenvalue weighted by molar-refractivity contribution is 6.33. The van der Waals surface area contributed by atoms with E-state index in [0.717, 1.165) is 5.56 Å². The van der Waals surface area contributed by atoms with Gasteiger partial charge in [-0.15, -0.1) is 0 Å². The molecule has 0 spiro atoms. The van der Waals surface area contributed by atoms with Crippen LogP contribution in [0.25, 0.3) is 0 Å². The van der Waals surface area contributed by atoms with Crippen LogP contribution in [0, 0.1) is 0 Å². The number of esters is 1. The Hall–Kier alpha value is -2.24. The zero-order chi connectivity index (χ0) is 18.2. The highest BCUT2D eigenvalue weighted by atomic mass is 35.5. The van der Waals surface area contributed by atoms with E-state index in [2.05, 4.69) is 15.4 Å². The van der Waals surface area contributed by atoms with Gasteiger partial charge in [0.05, 0.1) is 23.4 Å². The lowest BCUT2D eigenvalue weighted by molar-refractivity contribution is -0.121. The molecular weight excluding hydrogens is 363 g/mol. The number of anilines is 1. The van der Waals surface area contributed by atoms with Crippen LogP contribution in [0.4, 0.5) is 5.69 Å². The molecule has 0 fully saturated rings. The molecule has 0 unspecified atom stereocenters. The second-order valence-corrected chi connectivity index (χ2v) is 6.05. The average molecular weight is 381 g/mol. The summed E-state index contributed by atoms with van der Waals surface area (Å²) in [6.07, 6.45) is 0.253. The van der Waals surface area contributed by atoms with Crippen LogP contribution < -0.4 is 10.6 Å². The maximum absolute atomic E-state index is 11.9. The van der Waals surface area contributed by atoms with Crippen molar-refractivity contribution in [3.63, 3.8) is 0 Å². The van der Waals surface area contributed by atoms with Crippen LogP contribution in [0.15, 0.2) is 42.5 Å². The lowest BCUT2D eigenvalue weighted by Gasteiger charge is -2.10. The number of carbonyl (C=O) groups is 2. The van der Waals surface area contributed by atoms with Crippen LogP contribution in [0.1, 0.15) is 22.3 Å². The number of hydrogen-bond donors (Lipinski definition) is 2. The van der Waals surface area contributed by atoms with Gasteiger partial charge in [-0.1, -0.05) is 41.4 Å². The maximum atomic E-state index is 11.9. The largest absolute Gasteiger partial charge is 0.465 e. The van der Waals surface area contributed by atoms with Crippen LogP contribution >= 0.6 is 23.2 Å². The van der Waals surface area contributed by atoms with Gasteiger partial charge in [-0.05, 0) is 29.8 Å². The standard InChI is InChI=1S/C18H18Cl2N2O3/c1-25-18(24)12-6-7-15(20)16(10-12)21-9-8-17(23)22-11-13-4-2-3-5-14(13)19/h2-7,10,21H,8-9,11H2,1H3,(H,22,23). The highest BCUT2D eigenvalue weighted by Crippen LogP contribution is 2.23. The van der Waals surface area contributed by atoms with E-state index in [1.165, 1.54) is 7.11 Å². The van der Waals surface area contributed by atoms with E-state index in [0.29, 0.717) is 34.4 Å². The molecule has 0 aliphatic heterocycles. The van der Waals surface area contributed by atoms with Crippen molar-refractivity contribution in [1.29, 1.82) is 0 Å². The van der Waals surface area contributed by atoms with Gasteiger partial charge in [-0.25, -0.2) is 4.79 Å². The first-order valence-corrected chi connectivity index (χ1v) is 8.38. The summed E-state index contributed by atoms with van der Waals surface area (Å²) in [4.78, 5) is 23.5. The first-order chi connectivity index (χ1) is 12.0. The van der Waals surface area contributed by atoms with E-state index in [1.807, 2.05) is 18.2 Å². The number of carbonyl (C=O) groups excluding carboxylic acids is 2. The molecule has 1 amide bonds. The van der Waals surface area contributed by atoms with Gasteiger partial charge >= 0.3 is 5.97 Å². The normalized spacial score (nSPS) is 10.2. The molecule has 2 aromatic rings. The summed E-state index contributed by atoms with van der Waals surface area (Å²) >= 11 is 12.1. The molecule has 132 valence electrons. The van der Waals surface area contributed by atoms with E-state index in [4.69, 9.17) is 23.2 Å². The molecule has 25 heavy (non-hydrogen) atoms. The smallest absolute Gasteiger partial charge is 0.337 e. The fourth-order valence-electron chi connectivity index (χ4n) is 2.14. The highest BCUT2D eigenvalue weighted by Gasteiger charge is 2.09. The van der Waals surface area contributed by atoms with Gasteiger partial charge < -0.3 is 15.4 Å². The third-order valence-corrected chi connectivity index (χ3v) is 4.19. The van der Waals surface area contributed by atoms with Crippen molar-refractivity contribution >= 4 is 40.8 Å². The molecule has 2 aromatic carbocycles.